The molecule has 4 aromatic rings. The minimum atomic E-state index is -1.05. The van der Waals surface area contributed by atoms with Crippen LogP contribution >= 0.6 is 0 Å². The van der Waals surface area contributed by atoms with Crippen LogP contribution in [0.3, 0.4) is 0 Å². The van der Waals surface area contributed by atoms with Crippen molar-refractivity contribution in [3.8, 4) is 28.2 Å². The van der Waals surface area contributed by atoms with Gasteiger partial charge in [0.05, 0.1) is 17.3 Å². The van der Waals surface area contributed by atoms with E-state index in [9.17, 15) is 8.78 Å². The second-order valence-corrected chi connectivity index (χ2v) is 8.12. The van der Waals surface area contributed by atoms with Crippen LogP contribution in [-0.4, -0.2) is 48.1 Å². The van der Waals surface area contributed by atoms with Gasteiger partial charge in [-0.25, -0.2) is 13.8 Å². The first kappa shape index (κ1) is 21.1. The molecule has 4 heterocycles. The van der Waals surface area contributed by atoms with Gasteiger partial charge in [-0.15, -0.1) is 5.10 Å². The van der Waals surface area contributed by atoms with E-state index in [0.29, 0.717) is 11.6 Å². The van der Waals surface area contributed by atoms with E-state index < -0.39 is 11.6 Å². The standard InChI is InChI=1S/C22H23F2N9/c1-12-19(13(2)32(29-12)15-6-8-26-9-7-15)14-10-16(21(25)27-11-14)22-28-30-31-33(22)18-5-3-4-17(23)20(18)24/h3-5,10-11,15,26H,6-9H2,1-2H3,(H2,25,27). The van der Waals surface area contributed by atoms with Crippen molar-refractivity contribution in [1.29, 1.82) is 0 Å². The maximum absolute atomic E-state index is 14.4. The van der Waals surface area contributed by atoms with Crippen LogP contribution in [0.4, 0.5) is 14.6 Å². The zero-order chi connectivity index (χ0) is 23.1. The molecule has 1 aliphatic heterocycles. The lowest BCUT2D eigenvalue weighted by Gasteiger charge is -2.24. The Morgan fingerprint density at radius 1 is 1.15 bits per heavy atom. The van der Waals surface area contributed by atoms with Crippen molar-refractivity contribution in [2.75, 3.05) is 18.8 Å². The molecule has 5 rings (SSSR count). The largest absolute Gasteiger partial charge is 0.383 e. The predicted molar refractivity (Wildman–Crippen MR) is 119 cm³/mol. The van der Waals surface area contributed by atoms with Crippen LogP contribution in [0.15, 0.2) is 30.5 Å². The molecule has 1 aromatic carbocycles. The number of anilines is 1. The summed E-state index contributed by atoms with van der Waals surface area (Å²) in [6.45, 7) is 5.93. The molecule has 0 bridgehead atoms. The van der Waals surface area contributed by atoms with Crippen molar-refractivity contribution in [2.24, 2.45) is 0 Å². The average Bonchev–Trinajstić information content (AvgIpc) is 3.41. The third-order valence-corrected chi connectivity index (χ3v) is 6.06. The summed E-state index contributed by atoms with van der Waals surface area (Å²) in [5.41, 5.74) is 10.1. The van der Waals surface area contributed by atoms with Crippen LogP contribution in [0.25, 0.3) is 28.2 Å². The van der Waals surface area contributed by atoms with E-state index >= 15 is 0 Å². The summed E-state index contributed by atoms with van der Waals surface area (Å²) < 4.78 is 31.5. The minimum Gasteiger partial charge on any atom is -0.383 e. The third kappa shape index (κ3) is 3.63. The van der Waals surface area contributed by atoms with Gasteiger partial charge in [0.25, 0.3) is 0 Å². The van der Waals surface area contributed by atoms with Crippen LogP contribution in [0.1, 0.15) is 30.3 Å². The molecule has 0 atom stereocenters. The molecule has 0 spiro atoms. The molecule has 11 heteroatoms. The first-order chi connectivity index (χ1) is 16.0. The molecule has 0 saturated carbocycles. The molecule has 3 N–H and O–H groups in total. The number of aryl methyl sites for hydroxylation is 1. The Morgan fingerprint density at radius 3 is 2.73 bits per heavy atom. The fourth-order valence-electron chi connectivity index (χ4n) is 4.45. The number of nitrogens with two attached hydrogens (primary N) is 1. The van der Waals surface area contributed by atoms with Gasteiger partial charge in [0.2, 0.25) is 0 Å². The maximum Gasteiger partial charge on any atom is 0.190 e. The minimum absolute atomic E-state index is 0.120. The summed E-state index contributed by atoms with van der Waals surface area (Å²) >= 11 is 0. The highest BCUT2D eigenvalue weighted by molar-refractivity contribution is 5.78. The molecule has 0 aliphatic carbocycles. The topological polar surface area (TPSA) is 112 Å². The van der Waals surface area contributed by atoms with Crippen LogP contribution in [-0.2, 0) is 0 Å². The molecular weight excluding hydrogens is 428 g/mol. The van der Waals surface area contributed by atoms with Gasteiger partial charge in [-0.3, -0.25) is 4.68 Å². The fourth-order valence-corrected chi connectivity index (χ4v) is 4.45. The molecule has 0 radical (unpaired) electrons. The van der Waals surface area contributed by atoms with Crippen LogP contribution in [0.5, 0.6) is 0 Å². The van der Waals surface area contributed by atoms with E-state index in [4.69, 9.17) is 10.8 Å². The monoisotopic (exact) mass is 451 g/mol. The molecule has 0 unspecified atom stereocenters. The van der Waals surface area contributed by atoms with Gasteiger partial charge in [-0.05, 0) is 68.4 Å². The molecule has 170 valence electrons. The van der Waals surface area contributed by atoms with Crippen molar-refractivity contribution in [3.63, 3.8) is 0 Å². The quantitative estimate of drug-likeness (QED) is 0.490. The van der Waals surface area contributed by atoms with Gasteiger partial charge >= 0.3 is 0 Å². The van der Waals surface area contributed by atoms with Gasteiger partial charge in [0, 0.05) is 23.0 Å². The van der Waals surface area contributed by atoms with Crippen molar-refractivity contribution in [1.82, 2.24) is 40.3 Å². The summed E-state index contributed by atoms with van der Waals surface area (Å²) in [7, 11) is 0. The number of halogens is 2. The maximum atomic E-state index is 14.4. The van der Waals surface area contributed by atoms with E-state index in [0.717, 1.165) is 59.2 Å². The van der Waals surface area contributed by atoms with Crippen molar-refractivity contribution >= 4 is 5.82 Å². The van der Waals surface area contributed by atoms with Crippen LogP contribution in [0.2, 0.25) is 0 Å². The van der Waals surface area contributed by atoms with E-state index in [-0.39, 0.29) is 17.3 Å². The Bertz CT molecular complexity index is 1320. The summed E-state index contributed by atoms with van der Waals surface area (Å²) in [6.07, 6.45) is 3.71. The highest BCUT2D eigenvalue weighted by atomic mass is 19.2. The predicted octanol–water partition coefficient (Wildman–Crippen LogP) is 2.99. The number of nitrogens with zero attached hydrogens (tertiary/aromatic N) is 7. The normalized spacial score (nSPS) is 14.7. The number of pyridine rings is 1. The summed E-state index contributed by atoms with van der Waals surface area (Å²) in [6, 6.07) is 5.96. The number of nitrogen functional groups attached to an aromatic ring is 1. The molecule has 1 fully saturated rings. The number of hydrogen-bond acceptors (Lipinski definition) is 7. The van der Waals surface area contributed by atoms with Gasteiger partial charge < -0.3 is 11.1 Å². The fraction of sp³-hybridized carbons (Fsp3) is 0.318. The van der Waals surface area contributed by atoms with Gasteiger partial charge in [-0.2, -0.15) is 9.78 Å². The highest BCUT2D eigenvalue weighted by Gasteiger charge is 2.24. The Labute approximate surface area is 188 Å². The number of benzene rings is 1. The average molecular weight is 451 g/mol. The number of nitrogens with one attached hydrogen (secondary N) is 1. The molecular formula is C22H23F2N9. The lowest BCUT2D eigenvalue weighted by molar-refractivity contribution is 0.337. The second-order valence-electron chi connectivity index (χ2n) is 8.12. The lowest BCUT2D eigenvalue weighted by atomic mass is 10.0. The zero-order valence-electron chi connectivity index (χ0n) is 18.3. The molecule has 0 amide bonds. The van der Waals surface area contributed by atoms with Gasteiger partial charge in [0.15, 0.2) is 17.5 Å². The zero-order valence-corrected chi connectivity index (χ0v) is 18.3. The molecule has 1 aliphatic rings. The summed E-state index contributed by atoms with van der Waals surface area (Å²) in [4.78, 5) is 4.34. The molecule has 9 nitrogen and oxygen atoms in total. The Kier molecular flexibility index (Phi) is 5.33. The lowest BCUT2D eigenvalue weighted by Crippen LogP contribution is -2.30. The molecule has 1 saturated heterocycles. The highest BCUT2D eigenvalue weighted by Crippen LogP contribution is 2.34. The van der Waals surface area contributed by atoms with Crippen molar-refractivity contribution < 1.29 is 8.78 Å². The number of piperidine rings is 1. The first-order valence-electron chi connectivity index (χ1n) is 10.7. The molecule has 33 heavy (non-hydrogen) atoms. The van der Waals surface area contributed by atoms with E-state index in [1.807, 2.05) is 19.9 Å². The molecule has 3 aromatic heterocycles. The Hall–Kier alpha value is -3.73. The first-order valence-corrected chi connectivity index (χ1v) is 10.7. The van der Waals surface area contributed by atoms with Crippen LogP contribution in [0, 0.1) is 25.5 Å². The Balaban J connectivity index is 1.60. The summed E-state index contributed by atoms with van der Waals surface area (Å²) in [5, 5.41) is 19.7. The van der Waals surface area contributed by atoms with Crippen molar-refractivity contribution in [3.05, 3.63) is 53.5 Å². The third-order valence-electron chi connectivity index (χ3n) is 6.06. The Morgan fingerprint density at radius 2 is 1.94 bits per heavy atom. The number of rotatable bonds is 4. The van der Waals surface area contributed by atoms with E-state index in [2.05, 4.69) is 30.5 Å². The number of aromatic nitrogens is 7. The van der Waals surface area contributed by atoms with Gasteiger partial charge in [-0.1, -0.05) is 6.07 Å². The van der Waals surface area contributed by atoms with E-state index in [1.54, 1.807) is 6.20 Å². The van der Waals surface area contributed by atoms with E-state index in [1.165, 1.54) is 12.1 Å². The number of tetrazole rings is 1. The van der Waals surface area contributed by atoms with Crippen molar-refractivity contribution in [2.45, 2.75) is 32.7 Å². The summed E-state index contributed by atoms with van der Waals surface area (Å²) in [5.74, 6) is -1.71. The smallest absolute Gasteiger partial charge is 0.190 e. The van der Waals surface area contributed by atoms with Gasteiger partial charge in [0.1, 0.15) is 11.5 Å². The second kappa shape index (κ2) is 8.32. The SMILES string of the molecule is Cc1nn(C2CCNCC2)c(C)c1-c1cnc(N)c(-c2nnnn2-c2cccc(F)c2F)c1. The van der Waals surface area contributed by atoms with Crippen LogP contribution < -0.4 is 11.1 Å². The number of hydrogen-bond donors (Lipinski definition) is 2.